The molecule has 30 heavy (non-hydrogen) atoms. The molecule has 156 valence electrons. The van der Waals surface area contributed by atoms with E-state index in [0.717, 1.165) is 55.4 Å². The molecule has 0 radical (unpaired) electrons. The molecule has 2 fully saturated rings. The average molecular weight is 410 g/mol. The summed E-state index contributed by atoms with van der Waals surface area (Å²) in [7, 11) is 0. The molecular formula is C21H23FN6O2. The number of piperidine rings is 1. The number of nitrogens with zero attached hydrogens (tertiary/aromatic N) is 4. The van der Waals surface area contributed by atoms with Gasteiger partial charge in [-0.15, -0.1) is 0 Å². The van der Waals surface area contributed by atoms with Gasteiger partial charge in [-0.3, -0.25) is 9.78 Å². The van der Waals surface area contributed by atoms with Crippen LogP contribution in [0.4, 0.5) is 10.2 Å². The number of carbonyl (C=O) groups is 1. The van der Waals surface area contributed by atoms with Gasteiger partial charge < -0.3 is 20.3 Å². The number of fused-ring (bicyclic) bond motifs is 1. The van der Waals surface area contributed by atoms with Gasteiger partial charge in [-0.2, -0.15) is 0 Å². The zero-order valence-corrected chi connectivity index (χ0v) is 16.4. The highest BCUT2D eigenvalue weighted by Crippen LogP contribution is 2.56. The average Bonchev–Trinajstić information content (AvgIpc) is 3.33. The van der Waals surface area contributed by atoms with Crippen LogP contribution < -0.4 is 10.2 Å². The van der Waals surface area contributed by atoms with E-state index in [2.05, 4.69) is 30.2 Å². The number of nitrogens with one attached hydrogen (secondary N) is 2. The van der Waals surface area contributed by atoms with Crippen LogP contribution in [-0.2, 0) is 4.79 Å². The molecule has 5 rings (SSSR count). The van der Waals surface area contributed by atoms with Crippen LogP contribution in [0.15, 0.2) is 36.9 Å². The Labute approximate surface area is 172 Å². The van der Waals surface area contributed by atoms with Gasteiger partial charge in [0.1, 0.15) is 29.7 Å². The normalized spacial score (nSPS) is 21.0. The first-order chi connectivity index (χ1) is 14.6. The van der Waals surface area contributed by atoms with Crippen molar-refractivity contribution in [2.75, 3.05) is 24.5 Å². The number of halogens is 1. The van der Waals surface area contributed by atoms with Crippen LogP contribution in [0.1, 0.15) is 31.1 Å². The summed E-state index contributed by atoms with van der Waals surface area (Å²) in [5.74, 6) is 0.315. The number of hydrogen-bond donors (Lipinski definition) is 3. The summed E-state index contributed by atoms with van der Waals surface area (Å²) in [5, 5.41) is 14.1. The second kappa shape index (κ2) is 7.32. The molecule has 1 aliphatic heterocycles. The van der Waals surface area contributed by atoms with Crippen LogP contribution in [0.3, 0.4) is 0 Å². The lowest BCUT2D eigenvalue weighted by molar-refractivity contribution is -0.128. The Bertz CT molecular complexity index is 1060. The van der Waals surface area contributed by atoms with Gasteiger partial charge in [-0.1, -0.05) is 0 Å². The minimum atomic E-state index is -0.965. The minimum Gasteiger partial charge on any atom is -0.385 e. The maximum Gasteiger partial charge on any atom is 0.223 e. The maximum absolute atomic E-state index is 13.0. The van der Waals surface area contributed by atoms with Crippen LogP contribution in [0.25, 0.3) is 11.0 Å². The lowest BCUT2D eigenvalue weighted by Crippen LogP contribution is -2.48. The molecule has 9 heteroatoms. The lowest BCUT2D eigenvalue weighted by atomic mass is 9.81. The Morgan fingerprint density at radius 2 is 2.20 bits per heavy atom. The number of aromatic nitrogens is 4. The Balaban J connectivity index is 1.24. The first-order valence-electron chi connectivity index (χ1n) is 10.2. The molecule has 1 amide bonds. The molecule has 4 heterocycles. The number of pyridine rings is 1. The summed E-state index contributed by atoms with van der Waals surface area (Å²) in [6, 6.07) is 4.65. The molecule has 0 aromatic carbocycles. The zero-order valence-electron chi connectivity index (χ0n) is 16.4. The fourth-order valence-electron chi connectivity index (χ4n) is 4.54. The summed E-state index contributed by atoms with van der Waals surface area (Å²) < 4.78 is 13.0. The SMILES string of the molecule is O=C(NC[C@H](O)c1ccc(F)cn1)C1CCN(c2ncnc3[nH]ccc23)CC12CC2. The maximum atomic E-state index is 13.0. The fourth-order valence-corrected chi connectivity index (χ4v) is 4.54. The summed E-state index contributed by atoms with van der Waals surface area (Å²) in [6.45, 7) is 1.58. The third-order valence-electron chi connectivity index (χ3n) is 6.34. The van der Waals surface area contributed by atoms with Gasteiger partial charge >= 0.3 is 0 Å². The van der Waals surface area contributed by atoms with E-state index in [1.807, 2.05) is 12.3 Å². The third-order valence-corrected chi connectivity index (χ3v) is 6.34. The molecular weight excluding hydrogens is 387 g/mol. The number of amides is 1. The summed E-state index contributed by atoms with van der Waals surface area (Å²) in [6.07, 6.45) is 6.26. The van der Waals surface area contributed by atoms with Crippen molar-refractivity contribution in [1.82, 2.24) is 25.3 Å². The zero-order chi connectivity index (χ0) is 20.7. The molecule has 0 bridgehead atoms. The quantitative estimate of drug-likeness (QED) is 0.594. The van der Waals surface area contributed by atoms with E-state index in [9.17, 15) is 14.3 Å². The van der Waals surface area contributed by atoms with Gasteiger partial charge in [-0.05, 0) is 42.9 Å². The standard InChI is InChI=1S/C21H23FN6O2/c22-13-1-2-16(24-9-13)17(29)10-25-20(30)15-4-8-28(11-21(15)5-6-21)19-14-3-7-23-18(14)26-12-27-19/h1-3,7,9,12,15,17,29H,4-6,8,10-11H2,(H,25,30)(H,23,26,27)/t15?,17-/m0/s1. The molecule has 1 spiro atoms. The van der Waals surface area contributed by atoms with Crippen molar-refractivity contribution in [3.8, 4) is 0 Å². The van der Waals surface area contributed by atoms with Gasteiger partial charge in [0.05, 0.1) is 17.3 Å². The number of aliphatic hydroxyl groups excluding tert-OH is 1. The molecule has 3 N–H and O–H groups in total. The molecule has 2 atom stereocenters. The van der Waals surface area contributed by atoms with Crippen LogP contribution in [0.5, 0.6) is 0 Å². The van der Waals surface area contributed by atoms with Gasteiger partial charge in [-0.25, -0.2) is 14.4 Å². The largest absolute Gasteiger partial charge is 0.385 e. The molecule has 3 aromatic heterocycles. The van der Waals surface area contributed by atoms with Crippen LogP contribution in [0.2, 0.25) is 0 Å². The third kappa shape index (κ3) is 3.39. The number of aliphatic hydroxyl groups is 1. The molecule has 1 saturated heterocycles. The highest BCUT2D eigenvalue weighted by atomic mass is 19.1. The van der Waals surface area contributed by atoms with Crippen molar-refractivity contribution in [3.05, 3.63) is 48.4 Å². The van der Waals surface area contributed by atoms with E-state index >= 15 is 0 Å². The van der Waals surface area contributed by atoms with Gasteiger partial charge in [0, 0.05) is 31.7 Å². The first-order valence-corrected chi connectivity index (χ1v) is 10.2. The lowest BCUT2D eigenvalue weighted by Gasteiger charge is -2.39. The van der Waals surface area contributed by atoms with Crippen LogP contribution in [-0.4, -0.2) is 50.6 Å². The van der Waals surface area contributed by atoms with Crippen molar-refractivity contribution < 1.29 is 14.3 Å². The molecule has 1 saturated carbocycles. The topological polar surface area (TPSA) is 107 Å². The van der Waals surface area contributed by atoms with Crippen LogP contribution in [0, 0.1) is 17.2 Å². The summed E-state index contributed by atoms with van der Waals surface area (Å²) in [5.41, 5.74) is 1.11. The van der Waals surface area contributed by atoms with Gasteiger partial charge in [0.2, 0.25) is 5.91 Å². The highest BCUT2D eigenvalue weighted by molar-refractivity contribution is 5.87. The molecule has 3 aromatic rings. The number of aromatic amines is 1. The predicted octanol–water partition coefficient (Wildman–Crippen LogP) is 1.95. The van der Waals surface area contributed by atoms with Crippen molar-refractivity contribution in [1.29, 1.82) is 0 Å². The second-order valence-electron chi connectivity index (χ2n) is 8.22. The van der Waals surface area contributed by atoms with Gasteiger partial charge in [0.15, 0.2) is 0 Å². The molecule has 1 unspecified atom stereocenters. The first kappa shape index (κ1) is 18.9. The van der Waals surface area contributed by atoms with Crippen molar-refractivity contribution in [2.45, 2.75) is 25.4 Å². The molecule has 1 aliphatic carbocycles. The number of anilines is 1. The van der Waals surface area contributed by atoms with Crippen molar-refractivity contribution in [3.63, 3.8) is 0 Å². The smallest absolute Gasteiger partial charge is 0.223 e. The number of carbonyl (C=O) groups excluding carboxylic acids is 1. The van der Waals surface area contributed by atoms with Crippen molar-refractivity contribution >= 4 is 22.8 Å². The number of H-pyrrole nitrogens is 1. The number of rotatable bonds is 5. The fraction of sp³-hybridized carbons (Fsp3) is 0.429. The van der Waals surface area contributed by atoms with Gasteiger partial charge in [0.25, 0.3) is 0 Å². The van der Waals surface area contributed by atoms with E-state index in [-0.39, 0.29) is 23.8 Å². The Morgan fingerprint density at radius 1 is 1.33 bits per heavy atom. The Kier molecular flexibility index (Phi) is 4.62. The van der Waals surface area contributed by atoms with Crippen LogP contribution >= 0.6 is 0 Å². The van der Waals surface area contributed by atoms with Crippen molar-refractivity contribution in [2.24, 2.45) is 11.3 Å². The Morgan fingerprint density at radius 3 is 2.97 bits per heavy atom. The number of hydrogen-bond acceptors (Lipinski definition) is 6. The monoisotopic (exact) mass is 410 g/mol. The van der Waals surface area contributed by atoms with E-state index in [0.29, 0.717) is 5.69 Å². The highest BCUT2D eigenvalue weighted by Gasteiger charge is 2.55. The van der Waals surface area contributed by atoms with E-state index < -0.39 is 11.9 Å². The Hall–Kier alpha value is -3.07. The predicted molar refractivity (Wildman–Crippen MR) is 108 cm³/mol. The summed E-state index contributed by atoms with van der Waals surface area (Å²) in [4.78, 5) is 30.9. The summed E-state index contributed by atoms with van der Waals surface area (Å²) >= 11 is 0. The molecule has 8 nitrogen and oxygen atoms in total. The molecule has 2 aliphatic rings. The van der Waals surface area contributed by atoms with E-state index in [4.69, 9.17) is 0 Å². The van der Waals surface area contributed by atoms with E-state index in [1.54, 1.807) is 6.33 Å². The second-order valence-corrected chi connectivity index (χ2v) is 8.22. The minimum absolute atomic E-state index is 0.0391. The van der Waals surface area contributed by atoms with E-state index in [1.165, 1.54) is 12.1 Å².